The van der Waals surface area contributed by atoms with Gasteiger partial charge in [-0.15, -0.1) is 11.3 Å². The molecule has 0 saturated heterocycles. The van der Waals surface area contributed by atoms with Gasteiger partial charge in [0.2, 0.25) is 0 Å². The van der Waals surface area contributed by atoms with Crippen molar-refractivity contribution in [1.82, 2.24) is 0 Å². The van der Waals surface area contributed by atoms with Crippen LogP contribution in [0.2, 0.25) is 0 Å². The number of fused-ring (bicyclic) bond motifs is 1. The van der Waals surface area contributed by atoms with Gasteiger partial charge in [0.25, 0.3) is 0 Å². The fourth-order valence-electron chi connectivity index (χ4n) is 1.93. The Labute approximate surface area is 104 Å². The molecule has 0 amide bonds. The second kappa shape index (κ2) is 4.96. The van der Waals surface area contributed by atoms with E-state index in [0.717, 1.165) is 27.8 Å². The third kappa shape index (κ3) is 2.55. The summed E-state index contributed by atoms with van der Waals surface area (Å²) in [5, 5.41) is 0.948. The van der Waals surface area contributed by atoms with E-state index in [-0.39, 0.29) is 17.5 Å². The molecule has 1 aromatic heterocycles. The number of hydrogen-bond donors (Lipinski definition) is 0. The fourth-order valence-corrected chi connectivity index (χ4v) is 3.07. The molecule has 0 radical (unpaired) electrons. The van der Waals surface area contributed by atoms with Gasteiger partial charge in [0.1, 0.15) is 5.82 Å². The van der Waals surface area contributed by atoms with Gasteiger partial charge in [-0.3, -0.25) is 4.79 Å². The maximum Gasteiger partial charge on any atom is 0.175 e. The van der Waals surface area contributed by atoms with Crippen LogP contribution in [0.4, 0.5) is 4.39 Å². The largest absolute Gasteiger partial charge is 0.293 e. The highest BCUT2D eigenvalue weighted by atomic mass is 32.1. The summed E-state index contributed by atoms with van der Waals surface area (Å²) in [5.41, 5.74) is 0. The fraction of sp³-hybridized carbons (Fsp3) is 0.357. The van der Waals surface area contributed by atoms with Crippen molar-refractivity contribution >= 4 is 27.2 Å². The second-order valence-electron chi connectivity index (χ2n) is 4.35. The first-order chi connectivity index (χ1) is 8.11. The molecule has 0 aliphatic heterocycles. The van der Waals surface area contributed by atoms with E-state index >= 15 is 0 Å². The zero-order valence-electron chi connectivity index (χ0n) is 10.00. The van der Waals surface area contributed by atoms with E-state index in [0.29, 0.717) is 0 Å². The van der Waals surface area contributed by atoms with E-state index in [1.165, 1.54) is 23.5 Å². The Kier molecular flexibility index (Phi) is 3.57. The first-order valence-electron chi connectivity index (χ1n) is 5.85. The molecule has 0 bridgehead atoms. The van der Waals surface area contributed by atoms with Gasteiger partial charge in [-0.1, -0.05) is 26.3 Å². The standard InChI is InChI=1S/C14H15FOS/c1-3-4-9(2)14(16)13-7-10-5-6-11(15)8-12(10)17-13/h5-9H,3-4H2,1-2H3. The Bertz CT molecular complexity index is 544. The van der Waals surface area contributed by atoms with E-state index in [4.69, 9.17) is 0 Å². The summed E-state index contributed by atoms with van der Waals surface area (Å²) >= 11 is 1.38. The van der Waals surface area contributed by atoms with Crippen molar-refractivity contribution in [3.05, 3.63) is 35.0 Å². The molecular formula is C14H15FOS. The van der Waals surface area contributed by atoms with Gasteiger partial charge < -0.3 is 0 Å². The van der Waals surface area contributed by atoms with Gasteiger partial charge in [0, 0.05) is 10.6 Å². The van der Waals surface area contributed by atoms with E-state index in [2.05, 4.69) is 6.92 Å². The van der Waals surface area contributed by atoms with Crippen molar-refractivity contribution < 1.29 is 9.18 Å². The molecule has 0 aliphatic carbocycles. The number of halogens is 1. The highest BCUT2D eigenvalue weighted by Gasteiger charge is 2.16. The average Bonchev–Trinajstić information content (AvgIpc) is 2.71. The van der Waals surface area contributed by atoms with E-state index in [1.54, 1.807) is 6.07 Å². The number of ketones is 1. The predicted molar refractivity (Wildman–Crippen MR) is 70.2 cm³/mol. The number of rotatable bonds is 4. The molecule has 0 fully saturated rings. The summed E-state index contributed by atoms with van der Waals surface area (Å²) in [6.45, 7) is 4.03. The molecule has 1 atom stereocenters. The number of thiophene rings is 1. The monoisotopic (exact) mass is 250 g/mol. The lowest BCUT2D eigenvalue weighted by Crippen LogP contribution is -2.08. The lowest BCUT2D eigenvalue weighted by Gasteiger charge is -2.05. The summed E-state index contributed by atoms with van der Waals surface area (Å²) in [5.74, 6) is -0.0219. The molecule has 90 valence electrons. The molecule has 0 aliphatic rings. The van der Waals surface area contributed by atoms with Gasteiger partial charge >= 0.3 is 0 Å². The molecule has 1 nitrogen and oxygen atoms in total. The molecule has 0 saturated carbocycles. The lowest BCUT2D eigenvalue weighted by atomic mass is 10.00. The lowest BCUT2D eigenvalue weighted by molar-refractivity contribution is 0.0928. The Balaban J connectivity index is 2.33. The van der Waals surface area contributed by atoms with E-state index in [9.17, 15) is 9.18 Å². The van der Waals surface area contributed by atoms with Crippen LogP contribution in [0, 0.1) is 11.7 Å². The maximum absolute atomic E-state index is 13.0. The average molecular weight is 250 g/mol. The van der Waals surface area contributed by atoms with Gasteiger partial charge in [0.05, 0.1) is 4.88 Å². The highest BCUT2D eigenvalue weighted by Crippen LogP contribution is 2.28. The summed E-state index contributed by atoms with van der Waals surface area (Å²) < 4.78 is 13.9. The molecular weight excluding hydrogens is 235 g/mol. The number of carbonyl (C=O) groups is 1. The van der Waals surface area contributed by atoms with Crippen molar-refractivity contribution in [2.45, 2.75) is 26.7 Å². The first kappa shape index (κ1) is 12.2. The summed E-state index contributed by atoms with van der Waals surface area (Å²) in [6, 6.07) is 6.51. The van der Waals surface area contributed by atoms with Crippen LogP contribution in [0.5, 0.6) is 0 Å². The molecule has 1 heterocycles. The maximum atomic E-state index is 13.0. The Hall–Kier alpha value is -1.22. The third-order valence-electron chi connectivity index (χ3n) is 2.89. The molecule has 0 spiro atoms. The van der Waals surface area contributed by atoms with Crippen molar-refractivity contribution in [3.8, 4) is 0 Å². The Morgan fingerprint density at radius 1 is 1.41 bits per heavy atom. The van der Waals surface area contributed by atoms with Crippen molar-refractivity contribution in [1.29, 1.82) is 0 Å². The molecule has 17 heavy (non-hydrogen) atoms. The van der Waals surface area contributed by atoms with Crippen LogP contribution in [0.3, 0.4) is 0 Å². The third-order valence-corrected chi connectivity index (χ3v) is 4.01. The first-order valence-corrected chi connectivity index (χ1v) is 6.66. The van der Waals surface area contributed by atoms with Crippen molar-refractivity contribution in [3.63, 3.8) is 0 Å². The summed E-state index contributed by atoms with van der Waals surface area (Å²) in [4.78, 5) is 12.8. The smallest absolute Gasteiger partial charge is 0.175 e. The number of benzene rings is 1. The normalized spacial score (nSPS) is 12.9. The topological polar surface area (TPSA) is 17.1 Å². The minimum absolute atomic E-state index is 0.0536. The van der Waals surface area contributed by atoms with Crippen LogP contribution in [-0.4, -0.2) is 5.78 Å². The molecule has 2 rings (SSSR count). The number of hydrogen-bond acceptors (Lipinski definition) is 2. The van der Waals surface area contributed by atoms with Crippen molar-refractivity contribution in [2.75, 3.05) is 0 Å². The van der Waals surface area contributed by atoms with E-state index in [1.807, 2.05) is 13.0 Å². The zero-order chi connectivity index (χ0) is 12.4. The quantitative estimate of drug-likeness (QED) is 0.721. The second-order valence-corrected chi connectivity index (χ2v) is 5.43. The SMILES string of the molecule is CCCC(C)C(=O)c1cc2ccc(F)cc2s1. The van der Waals surface area contributed by atoms with Crippen LogP contribution in [0.1, 0.15) is 36.4 Å². The predicted octanol–water partition coefficient (Wildman–Crippen LogP) is 4.66. The summed E-state index contributed by atoms with van der Waals surface area (Å²) in [6.07, 6.45) is 1.91. The number of carbonyl (C=O) groups excluding carboxylic acids is 1. The van der Waals surface area contributed by atoms with Gasteiger partial charge in [-0.05, 0) is 30.0 Å². The van der Waals surface area contributed by atoms with Crippen molar-refractivity contribution in [2.24, 2.45) is 5.92 Å². The van der Waals surface area contributed by atoms with Gasteiger partial charge in [-0.2, -0.15) is 0 Å². The molecule has 1 unspecified atom stereocenters. The van der Waals surface area contributed by atoms with Gasteiger partial charge in [0.15, 0.2) is 5.78 Å². The van der Waals surface area contributed by atoms with Crippen LogP contribution in [0.25, 0.3) is 10.1 Å². The van der Waals surface area contributed by atoms with E-state index < -0.39 is 0 Å². The van der Waals surface area contributed by atoms with Crippen LogP contribution in [-0.2, 0) is 0 Å². The minimum atomic E-state index is -0.250. The van der Waals surface area contributed by atoms with Crippen LogP contribution in [0.15, 0.2) is 24.3 Å². The Morgan fingerprint density at radius 2 is 2.18 bits per heavy atom. The molecule has 3 heteroatoms. The minimum Gasteiger partial charge on any atom is -0.293 e. The molecule has 1 aromatic carbocycles. The summed E-state index contributed by atoms with van der Waals surface area (Å²) in [7, 11) is 0. The van der Waals surface area contributed by atoms with Crippen LogP contribution < -0.4 is 0 Å². The highest BCUT2D eigenvalue weighted by molar-refractivity contribution is 7.20. The molecule has 2 aromatic rings. The Morgan fingerprint density at radius 3 is 2.88 bits per heavy atom. The zero-order valence-corrected chi connectivity index (χ0v) is 10.8. The van der Waals surface area contributed by atoms with Gasteiger partial charge in [-0.25, -0.2) is 4.39 Å². The number of Topliss-reactive ketones (excluding diaryl/α,β-unsaturated/α-hetero) is 1. The molecule has 0 N–H and O–H groups in total. The van der Waals surface area contributed by atoms with Crippen LogP contribution >= 0.6 is 11.3 Å².